The minimum atomic E-state index is -4.87. The summed E-state index contributed by atoms with van der Waals surface area (Å²) in [5.74, 6) is -0.315. The average molecular weight is 485 g/mol. The number of ether oxygens (including phenoxy) is 1. The number of benzene rings is 2. The van der Waals surface area contributed by atoms with E-state index in [0.29, 0.717) is 27.0 Å². The largest absolute Gasteiger partial charge is 0.497 e. The Morgan fingerprint density at radius 2 is 2.03 bits per heavy atom. The van der Waals surface area contributed by atoms with E-state index in [0.717, 1.165) is 35.2 Å². The molecule has 3 rings (SSSR count). The molecule has 0 saturated heterocycles. The molecule has 1 aromatic heterocycles. The van der Waals surface area contributed by atoms with Crippen LogP contribution in [0.3, 0.4) is 0 Å². The van der Waals surface area contributed by atoms with Gasteiger partial charge in [0.1, 0.15) is 5.75 Å². The lowest BCUT2D eigenvalue weighted by atomic mass is 10.1. The Morgan fingerprint density at radius 1 is 1.25 bits per heavy atom. The molecule has 0 fully saturated rings. The molecular formula is C18H14F3N5O4S2. The average Bonchev–Trinajstić information content (AvgIpc) is 3.19. The number of hydrogen-bond acceptors (Lipinski definition) is 9. The molecule has 168 valence electrons. The second-order valence-electron chi connectivity index (χ2n) is 6.05. The number of non-ortho nitro benzene ring substituents is 1. The molecule has 14 heteroatoms. The molecule has 0 bridgehead atoms. The lowest BCUT2D eigenvalue weighted by molar-refractivity contribution is -0.385. The molecule has 0 saturated carbocycles. The van der Waals surface area contributed by atoms with E-state index in [-0.39, 0.29) is 5.75 Å². The predicted octanol–water partition coefficient (Wildman–Crippen LogP) is 4.95. The number of amides is 1. The number of nitrogens with zero attached hydrogens (tertiary/aromatic N) is 3. The summed E-state index contributed by atoms with van der Waals surface area (Å²) >= 11 is 2.14. The third-order valence-corrected chi connectivity index (χ3v) is 5.82. The van der Waals surface area contributed by atoms with Crippen LogP contribution < -0.4 is 15.4 Å². The maximum Gasteiger partial charge on any atom is 0.418 e. The molecule has 0 atom stereocenters. The van der Waals surface area contributed by atoms with E-state index >= 15 is 0 Å². The number of halogens is 3. The smallest absolute Gasteiger partial charge is 0.418 e. The first kappa shape index (κ1) is 23.3. The normalized spacial score (nSPS) is 11.1. The number of carbonyl (C=O) groups is 1. The Hall–Kier alpha value is -3.39. The van der Waals surface area contributed by atoms with Gasteiger partial charge in [-0.2, -0.15) is 13.2 Å². The third-order valence-electron chi connectivity index (χ3n) is 3.85. The van der Waals surface area contributed by atoms with Gasteiger partial charge in [0.25, 0.3) is 5.69 Å². The maximum atomic E-state index is 13.2. The van der Waals surface area contributed by atoms with E-state index in [2.05, 4.69) is 20.8 Å². The maximum absolute atomic E-state index is 13.2. The monoisotopic (exact) mass is 485 g/mol. The highest BCUT2D eigenvalue weighted by atomic mass is 32.2. The summed E-state index contributed by atoms with van der Waals surface area (Å²) in [7, 11) is 1.54. The Morgan fingerprint density at radius 3 is 2.72 bits per heavy atom. The van der Waals surface area contributed by atoms with Crippen LogP contribution in [0, 0.1) is 10.1 Å². The second-order valence-corrected chi connectivity index (χ2v) is 8.25. The Kier molecular flexibility index (Phi) is 7.15. The SMILES string of the molecule is COc1cccc(Nc2nnc(SCC(=O)Nc3ccc([N+](=O)[O-])cc3C(F)(F)F)s2)c1. The van der Waals surface area contributed by atoms with Gasteiger partial charge >= 0.3 is 6.18 Å². The minimum Gasteiger partial charge on any atom is -0.497 e. The number of nitro groups is 1. The highest BCUT2D eigenvalue weighted by Crippen LogP contribution is 2.37. The van der Waals surface area contributed by atoms with Crippen molar-refractivity contribution in [1.82, 2.24) is 10.2 Å². The second kappa shape index (κ2) is 9.82. The zero-order chi connectivity index (χ0) is 23.3. The third kappa shape index (κ3) is 6.07. The molecule has 0 spiro atoms. The first-order valence-electron chi connectivity index (χ1n) is 8.68. The summed E-state index contributed by atoms with van der Waals surface area (Å²) in [4.78, 5) is 22.0. The molecule has 0 aliphatic heterocycles. The molecule has 1 heterocycles. The highest BCUT2D eigenvalue weighted by molar-refractivity contribution is 8.01. The van der Waals surface area contributed by atoms with E-state index in [1.54, 1.807) is 24.3 Å². The van der Waals surface area contributed by atoms with Crippen LogP contribution in [0.1, 0.15) is 5.56 Å². The van der Waals surface area contributed by atoms with Crippen LogP contribution in [0.2, 0.25) is 0 Å². The Balaban J connectivity index is 1.61. The van der Waals surface area contributed by atoms with Crippen LogP contribution >= 0.6 is 23.1 Å². The van der Waals surface area contributed by atoms with Crippen molar-refractivity contribution in [2.24, 2.45) is 0 Å². The van der Waals surface area contributed by atoms with Crippen LogP contribution in [-0.4, -0.2) is 33.9 Å². The summed E-state index contributed by atoms with van der Waals surface area (Å²) in [6.07, 6.45) is -4.87. The van der Waals surface area contributed by atoms with Gasteiger partial charge in [-0.3, -0.25) is 14.9 Å². The van der Waals surface area contributed by atoms with Gasteiger partial charge in [-0.15, -0.1) is 10.2 Å². The summed E-state index contributed by atoms with van der Waals surface area (Å²) in [5.41, 5.74) is -1.88. The van der Waals surface area contributed by atoms with Gasteiger partial charge in [0.05, 0.1) is 29.0 Å². The van der Waals surface area contributed by atoms with Crippen LogP contribution in [0.25, 0.3) is 0 Å². The molecule has 3 aromatic rings. The van der Waals surface area contributed by atoms with Crippen molar-refractivity contribution in [3.63, 3.8) is 0 Å². The molecule has 0 aliphatic rings. The van der Waals surface area contributed by atoms with Gasteiger partial charge in [0.2, 0.25) is 11.0 Å². The quantitative estimate of drug-likeness (QED) is 0.261. The van der Waals surface area contributed by atoms with E-state index in [4.69, 9.17) is 4.74 Å². The number of anilines is 3. The number of nitrogens with one attached hydrogen (secondary N) is 2. The van der Waals surface area contributed by atoms with E-state index in [1.165, 1.54) is 7.11 Å². The number of carbonyl (C=O) groups excluding carboxylic acids is 1. The van der Waals surface area contributed by atoms with Crippen LogP contribution in [-0.2, 0) is 11.0 Å². The number of aromatic nitrogens is 2. The van der Waals surface area contributed by atoms with E-state index < -0.39 is 33.9 Å². The van der Waals surface area contributed by atoms with E-state index in [9.17, 15) is 28.1 Å². The van der Waals surface area contributed by atoms with Gasteiger partial charge in [0, 0.05) is 23.9 Å². The van der Waals surface area contributed by atoms with Crippen LogP contribution in [0.5, 0.6) is 5.75 Å². The fourth-order valence-corrected chi connectivity index (χ4v) is 4.02. The van der Waals surface area contributed by atoms with Crippen molar-refractivity contribution in [1.29, 1.82) is 0 Å². The summed E-state index contributed by atoms with van der Waals surface area (Å²) in [5, 5.41) is 24.3. The molecule has 0 unspecified atom stereocenters. The van der Waals surface area contributed by atoms with Crippen molar-refractivity contribution in [2.75, 3.05) is 23.5 Å². The zero-order valence-corrected chi connectivity index (χ0v) is 17.8. The molecule has 1 amide bonds. The number of alkyl halides is 3. The van der Waals surface area contributed by atoms with Crippen molar-refractivity contribution in [2.45, 2.75) is 10.5 Å². The van der Waals surface area contributed by atoms with Crippen molar-refractivity contribution >= 4 is 51.2 Å². The molecule has 2 aromatic carbocycles. The highest BCUT2D eigenvalue weighted by Gasteiger charge is 2.35. The minimum absolute atomic E-state index is 0.234. The fourth-order valence-electron chi connectivity index (χ4n) is 2.45. The number of methoxy groups -OCH3 is 1. The molecular weight excluding hydrogens is 471 g/mol. The van der Waals surface area contributed by atoms with Crippen molar-refractivity contribution in [3.05, 3.63) is 58.1 Å². The van der Waals surface area contributed by atoms with E-state index in [1.807, 2.05) is 0 Å². The van der Waals surface area contributed by atoms with Crippen molar-refractivity contribution in [3.8, 4) is 5.75 Å². The number of nitro benzene ring substituents is 1. The summed E-state index contributed by atoms with van der Waals surface area (Å²) in [6, 6.07) is 9.24. The molecule has 0 aliphatic carbocycles. The van der Waals surface area contributed by atoms with Gasteiger partial charge in [-0.1, -0.05) is 29.2 Å². The number of thioether (sulfide) groups is 1. The van der Waals surface area contributed by atoms with Crippen LogP contribution in [0.4, 0.5) is 35.4 Å². The lowest BCUT2D eigenvalue weighted by Crippen LogP contribution is -2.18. The molecule has 32 heavy (non-hydrogen) atoms. The predicted molar refractivity (Wildman–Crippen MR) is 114 cm³/mol. The first-order chi connectivity index (χ1) is 15.2. The Bertz CT molecular complexity index is 1140. The number of rotatable bonds is 8. The fraction of sp³-hybridized carbons (Fsp3) is 0.167. The summed E-state index contributed by atoms with van der Waals surface area (Å²) < 4.78 is 45.2. The first-order valence-corrected chi connectivity index (χ1v) is 10.5. The topological polar surface area (TPSA) is 119 Å². The van der Waals surface area contributed by atoms with Crippen LogP contribution in [0.15, 0.2) is 46.8 Å². The van der Waals surface area contributed by atoms with Gasteiger partial charge in [0.15, 0.2) is 4.34 Å². The molecule has 2 N–H and O–H groups in total. The summed E-state index contributed by atoms with van der Waals surface area (Å²) in [6.45, 7) is 0. The number of hydrogen-bond donors (Lipinski definition) is 2. The lowest BCUT2D eigenvalue weighted by Gasteiger charge is -2.13. The van der Waals surface area contributed by atoms with Gasteiger partial charge in [-0.25, -0.2) is 0 Å². The molecule has 0 radical (unpaired) electrons. The zero-order valence-electron chi connectivity index (χ0n) is 16.2. The van der Waals surface area contributed by atoms with Gasteiger partial charge in [-0.05, 0) is 18.2 Å². The Labute approximate surface area is 187 Å². The van der Waals surface area contributed by atoms with Gasteiger partial charge < -0.3 is 15.4 Å². The van der Waals surface area contributed by atoms with Crippen molar-refractivity contribution < 1.29 is 27.6 Å². The molecule has 9 nitrogen and oxygen atoms in total. The standard InChI is InChI=1S/C18H14F3N5O4S2/c1-30-12-4-2-3-10(7-12)22-16-24-25-17(32-16)31-9-15(27)23-14-6-5-11(26(28)29)8-13(14)18(19,20)21/h2-8H,9H2,1H3,(H,22,24)(H,23,27).